The maximum atomic E-state index is 13.3. The van der Waals surface area contributed by atoms with E-state index < -0.39 is 0 Å². The number of aryl methyl sites for hydroxylation is 1. The topological polar surface area (TPSA) is 82.6 Å². The molecule has 1 aromatic carbocycles. The molecule has 0 amide bonds. The smallest absolute Gasteiger partial charge is 0.302 e. The average molecular weight is 453 g/mol. The fourth-order valence-electron chi connectivity index (χ4n) is 4.58. The predicted octanol–water partition coefficient (Wildman–Crippen LogP) is 3.19. The third-order valence-electron chi connectivity index (χ3n) is 6.47. The van der Waals surface area contributed by atoms with Crippen LogP contribution in [0.5, 0.6) is 5.75 Å². The molecule has 2 aromatic rings. The van der Waals surface area contributed by atoms with Crippen molar-refractivity contribution >= 4 is 29.0 Å². The zero-order valence-corrected chi connectivity index (χ0v) is 18.8. The second-order valence-electron chi connectivity index (χ2n) is 8.12. The molecule has 30 heavy (non-hydrogen) atoms. The summed E-state index contributed by atoms with van der Waals surface area (Å²) in [6, 6.07) is 5.17. The molecule has 2 fully saturated rings. The largest absolute Gasteiger partial charge is 0.488 e. The Balaban J connectivity index is 1.69. The van der Waals surface area contributed by atoms with Crippen molar-refractivity contribution in [2.24, 2.45) is 11.1 Å². The molecule has 2 N–H and O–H groups in total. The van der Waals surface area contributed by atoms with Gasteiger partial charge < -0.3 is 20.1 Å². The molecule has 2 aliphatic rings. The molecule has 1 aromatic heterocycles. The monoisotopic (exact) mass is 452 g/mol. The van der Waals surface area contributed by atoms with Gasteiger partial charge >= 0.3 is 5.56 Å². The first-order valence-corrected chi connectivity index (χ1v) is 10.8. The van der Waals surface area contributed by atoms with E-state index in [9.17, 15) is 4.79 Å². The number of nitrogens with zero attached hydrogens (tertiary/aromatic N) is 3. The molecule has 2 saturated heterocycles. The molecule has 0 radical (unpaired) electrons. The molecule has 7 nitrogen and oxygen atoms in total. The Morgan fingerprint density at radius 1 is 1.30 bits per heavy atom. The maximum Gasteiger partial charge on any atom is 0.302 e. The lowest BCUT2D eigenvalue weighted by molar-refractivity contribution is 0.0973. The Morgan fingerprint density at radius 2 is 2.00 bits per heavy atom. The predicted molar refractivity (Wildman–Crippen MR) is 118 cm³/mol. The molecule has 3 heterocycles. The van der Waals surface area contributed by atoms with Crippen LogP contribution in [0.2, 0.25) is 10.0 Å². The first-order chi connectivity index (χ1) is 14.3. The van der Waals surface area contributed by atoms with E-state index >= 15 is 0 Å². The molecule has 162 valence electrons. The highest BCUT2D eigenvalue weighted by molar-refractivity contribution is 6.43. The summed E-state index contributed by atoms with van der Waals surface area (Å²) < 4.78 is 12.8. The van der Waals surface area contributed by atoms with Gasteiger partial charge in [-0.05, 0) is 38.8 Å². The summed E-state index contributed by atoms with van der Waals surface area (Å²) in [5, 5.41) is 0.666. The van der Waals surface area contributed by atoms with Crippen LogP contribution in [0, 0.1) is 12.3 Å². The highest BCUT2D eigenvalue weighted by Gasteiger charge is 2.48. The number of halogens is 2. The SMILES string of the molecule is COc1c(N2CCC3(CC2)CO[C@@H](C)[C@H]3N)nc(C)n(-c2cccc(Cl)c2Cl)c1=O. The lowest BCUT2D eigenvalue weighted by Crippen LogP contribution is -2.51. The second kappa shape index (κ2) is 8.04. The third kappa shape index (κ3) is 3.38. The minimum absolute atomic E-state index is 0.0124. The van der Waals surface area contributed by atoms with Crippen LogP contribution >= 0.6 is 23.2 Å². The van der Waals surface area contributed by atoms with Crippen molar-refractivity contribution in [1.29, 1.82) is 0 Å². The number of hydrogen-bond acceptors (Lipinski definition) is 6. The van der Waals surface area contributed by atoms with Gasteiger partial charge in [-0.2, -0.15) is 0 Å². The van der Waals surface area contributed by atoms with Crippen molar-refractivity contribution in [3.05, 3.63) is 44.4 Å². The van der Waals surface area contributed by atoms with E-state index in [2.05, 4.69) is 4.90 Å². The Morgan fingerprint density at radius 3 is 2.60 bits per heavy atom. The summed E-state index contributed by atoms with van der Waals surface area (Å²) in [5.74, 6) is 1.24. The average Bonchev–Trinajstić information content (AvgIpc) is 3.00. The van der Waals surface area contributed by atoms with Crippen LogP contribution in [0.15, 0.2) is 23.0 Å². The van der Waals surface area contributed by atoms with Gasteiger partial charge in [-0.1, -0.05) is 29.3 Å². The van der Waals surface area contributed by atoms with Crippen molar-refractivity contribution < 1.29 is 9.47 Å². The Hall–Kier alpha value is -1.80. The van der Waals surface area contributed by atoms with Crippen LogP contribution in [0.4, 0.5) is 5.82 Å². The highest BCUT2D eigenvalue weighted by atomic mass is 35.5. The van der Waals surface area contributed by atoms with E-state index in [1.165, 1.54) is 11.7 Å². The summed E-state index contributed by atoms with van der Waals surface area (Å²) >= 11 is 12.5. The third-order valence-corrected chi connectivity index (χ3v) is 7.28. The van der Waals surface area contributed by atoms with E-state index in [1.54, 1.807) is 25.1 Å². The van der Waals surface area contributed by atoms with Gasteiger partial charge in [0.15, 0.2) is 5.82 Å². The lowest BCUT2D eigenvalue weighted by atomic mass is 9.73. The van der Waals surface area contributed by atoms with Crippen LogP contribution in [-0.2, 0) is 4.74 Å². The van der Waals surface area contributed by atoms with Crippen molar-refractivity contribution in [2.45, 2.75) is 38.8 Å². The van der Waals surface area contributed by atoms with Gasteiger partial charge in [-0.15, -0.1) is 0 Å². The second-order valence-corrected chi connectivity index (χ2v) is 8.91. The van der Waals surface area contributed by atoms with Crippen molar-refractivity contribution in [3.8, 4) is 11.4 Å². The summed E-state index contributed by atoms with van der Waals surface area (Å²) in [5.41, 5.74) is 6.57. The quantitative estimate of drug-likeness (QED) is 0.769. The summed E-state index contributed by atoms with van der Waals surface area (Å²) in [7, 11) is 1.48. The summed E-state index contributed by atoms with van der Waals surface area (Å²) in [6.45, 7) is 5.94. The lowest BCUT2D eigenvalue weighted by Gasteiger charge is -2.41. The first kappa shape index (κ1) is 21.4. The normalized spacial score (nSPS) is 23.2. The number of nitrogens with two attached hydrogens (primary N) is 1. The minimum atomic E-state index is -0.320. The maximum absolute atomic E-state index is 13.3. The number of rotatable bonds is 3. The Kier molecular flexibility index (Phi) is 5.74. The minimum Gasteiger partial charge on any atom is -0.488 e. The summed E-state index contributed by atoms with van der Waals surface area (Å²) in [4.78, 5) is 20.1. The number of anilines is 1. The van der Waals surface area contributed by atoms with Crippen LogP contribution in [-0.4, -0.2) is 48.5 Å². The molecule has 2 atom stereocenters. The molecule has 2 aliphatic heterocycles. The standard InChI is InChI=1S/C21H26Cl2N4O3/c1-12-18(24)21(11-30-12)7-9-26(10-8-21)19-17(29-3)20(28)27(13(2)25-19)15-6-4-5-14(22)16(15)23/h4-6,12,18H,7-11,24H2,1-3H3/t12-,18+/m0/s1. The van der Waals surface area contributed by atoms with Gasteiger partial charge in [0.2, 0.25) is 5.75 Å². The first-order valence-electron chi connectivity index (χ1n) is 10.0. The van der Waals surface area contributed by atoms with Gasteiger partial charge in [0.25, 0.3) is 0 Å². The summed E-state index contributed by atoms with van der Waals surface area (Å²) in [6.07, 6.45) is 1.83. The molecular weight excluding hydrogens is 427 g/mol. The van der Waals surface area contributed by atoms with E-state index in [4.69, 9.17) is 43.4 Å². The van der Waals surface area contributed by atoms with Crippen molar-refractivity contribution in [1.82, 2.24) is 9.55 Å². The molecule has 4 rings (SSSR count). The Labute approximate surface area is 185 Å². The number of methoxy groups -OCH3 is 1. The fourth-order valence-corrected chi connectivity index (χ4v) is 4.96. The van der Waals surface area contributed by atoms with E-state index in [-0.39, 0.29) is 28.9 Å². The van der Waals surface area contributed by atoms with Crippen LogP contribution in [0.25, 0.3) is 5.69 Å². The molecule has 9 heteroatoms. The van der Waals surface area contributed by atoms with Crippen LogP contribution in [0.1, 0.15) is 25.6 Å². The Bertz CT molecular complexity index is 1020. The molecule has 0 unspecified atom stereocenters. The molecule has 0 aliphatic carbocycles. The molecular formula is C21H26Cl2N4O3. The van der Waals surface area contributed by atoms with Crippen molar-refractivity contribution in [2.75, 3.05) is 31.7 Å². The van der Waals surface area contributed by atoms with Crippen molar-refractivity contribution in [3.63, 3.8) is 0 Å². The van der Waals surface area contributed by atoms with Gasteiger partial charge in [0.1, 0.15) is 5.82 Å². The fraction of sp³-hybridized carbons (Fsp3) is 0.524. The number of aromatic nitrogens is 2. The zero-order chi connectivity index (χ0) is 21.6. The highest BCUT2D eigenvalue weighted by Crippen LogP contribution is 2.42. The molecule has 0 saturated carbocycles. The van der Waals surface area contributed by atoms with Crippen LogP contribution in [0.3, 0.4) is 0 Å². The van der Waals surface area contributed by atoms with Gasteiger partial charge in [0, 0.05) is 24.5 Å². The molecule has 1 spiro atoms. The van der Waals surface area contributed by atoms with Crippen LogP contribution < -0.4 is 20.9 Å². The number of benzene rings is 1. The van der Waals surface area contributed by atoms with Gasteiger partial charge in [0.05, 0.1) is 35.6 Å². The van der Waals surface area contributed by atoms with E-state index in [1.807, 2.05) is 6.92 Å². The molecule has 0 bridgehead atoms. The zero-order valence-electron chi connectivity index (χ0n) is 17.3. The van der Waals surface area contributed by atoms with Gasteiger partial charge in [-0.25, -0.2) is 4.98 Å². The van der Waals surface area contributed by atoms with Gasteiger partial charge in [-0.3, -0.25) is 9.36 Å². The number of ether oxygens (including phenoxy) is 2. The number of hydrogen-bond donors (Lipinski definition) is 1. The number of piperidine rings is 1. The van der Waals surface area contributed by atoms with E-state index in [0.717, 1.165) is 25.9 Å². The van der Waals surface area contributed by atoms with E-state index in [0.29, 0.717) is 34.0 Å².